The van der Waals surface area contributed by atoms with E-state index in [-0.39, 0.29) is 11.7 Å². The lowest BCUT2D eigenvalue weighted by Crippen LogP contribution is -2.03. The van der Waals surface area contributed by atoms with Crippen LogP contribution in [0.3, 0.4) is 0 Å². The van der Waals surface area contributed by atoms with Crippen LogP contribution in [0, 0.1) is 10.1 Å². The van der Waals surface area contributed by atoms with Crippen LogP contribution in [0.2, 0.25) is 0 Å². The van der Waals surface area contributed by atoms with Gasteiger partial charge in [0.15, 0.2) is 0 Å². The molecule has 0 radical (unpaired) electrons. The third-order valence-corrected chi connectivity index (χ3v) is 2.56. The van der Waals surface area contributed by atoms with E-state index in [0.717, 1.165) is 5.69 Å². The molecule has 1 aromatic carbocycles. The Morgan fingerprint density at radius 3 is 2.58 bits per heavy atom. The molecule has 0 aliphatic rings. The minimum atomic E-state index is -0.455. The molecule has 0 N–H and O–H groups in total. The molecule has 2 rings (SSSR count). The molecule has 0 saturated heterocycles. The maximum atomic E-state index is 11.5. The molecule has 0 aliphatic carbocycles. The van der Waals surface area contributed by atoms with E-state index in [1.807, 2.05) is 0 Å². The van der Waals surface area contributed by atoms with Crippen molar-refractivity contribution < 1.29 is 14.5 Å². The van der Waals surface area contributed by atoms with Gasteiger partial charge in [0.2, 0.25) is 0 Å². The number of aromatic nitrogens is 1. The third-order valence-electron chi connectivity index (χ3n) is 2.56. The summed E-state index contributed by atoms with van der Waals surface area (Å²) in [6.07, 6.45) is 3.33. The standard InChI is InChI=1S/C13H12N2O4/c1-2-19-13(16)10-7-8-14(9-10)11-3-5-12(6-4-11)15(17)18/h3-9H,2H2,1H3. The Bertz CT molecular complexity index is 601. The highest BCUT2D eigenvalue weighted by atomic mass is 16.6. The fraction of sp³-hybridized carbons (Fsp3) is 0.154. The number of non-ortho nitro benzene ring substituents is 1. The first-order chi connectivity index (χ1) is 9.11. The molecule has 1 aromatic heterocycles. The van der Waals surface area contributed by atoms with Crippen LogP contribution < -0.4 is 0 Å². The van der Waals surface area contributed by atoms with Crippen molar-refractivity contribution in [3.05, 3.63) is 58.4 Å². The monoisotopic (exact) mass is 260 g/mol. The number of nitro benzene ring substituents is 1. The van der Waals surface area contributed by atoms with Gasteiger partial charge in [-0.15, -0.1) is 0 Å². The van der Waals surface area contributed by atoms with Gasteiger partial charge in [0, 0.05) is 30.2 Å². The molecule has 0 amide bonds. The summed E-state index contributed by atoms with van der Waals surface area (Å²) in [5, 5.41) is 10.6. The molecule has 2 aromatic rings. The van der Waals surface area contributed by atoms with E-state index in [2.05, 4.69) is 0 Å². The van der Waals surface area contributed by atoms with Crippen LogP contribution in [0.15, 0.2) is 42.7 Å². The Hall–Kier alpha value is -2.63. The average molecular weight is 260 g/mol. The van der Waals surface area contributed by atoms with Crippen LogP contribution in [-0.4, -0.2) is 22.1 Å². The van der Waals surface area contributed by atoms with Crippen molar-refractivity contribution in [2.45, 2.75) is 6.92 Å². The first-order valence-corrected chi connectivity index (χ1v) is 5.71. The van der Waals surface area contributed by atoms with Crippen LogP contribution in [0.25, 0.3) is 5.69 Å². The first kappa shape index (κ1) is 12.8. The maximum Gasteiger partial charge on any atom is 0.339 e. The molecule has 0 saturated carbocycles. The minimum absolute atomic E-state index is 0.0292. The van der Waals surface area contributed by atoms with E-state index in [0.29, 0.717) is 12.2 Å². The first-order valence-electron chi connectivity index (χ1n) is 5.71. The number of nitro groups is 1. The molecular weight excluding hydrogens is 248 g/mol. The van der Waals surface area contributed by atoms with Crippen molar-refractivity contribution in [2.75, 3.05) is 6.61 Å². The molecule has 0 bridgehead atoms. The topological polar surface area (TPSA) is 74.4 Å². The molecule has 0 aliphatic heterocycles. The number of hydrogen-bond acceptors (Lipinski definition) is 4. The molecular formula is C13H12N2O4. The minimum Gasteiger partial charge on any atom is -0.462 e. The van der Waals surface area contributed by atoms with Crippen molar-refractivity contribution in [3.8, 4) is 5.69 Å². The summed E-state index contributed by atoms with van der Waals surface area (Å²) >= 11 is 0. The van der Waals surface area contributed by atoms with Crippen molar-refractivity contribution in [1.29, 1.82) is 0 Å². The molecule has 0 spiro atoms. The number of esters is 1. The van der Waals surface area contributed by atoms with Gasteiger partial charge in [0.25, 0.3) is 5.69 Å². The van der Waals surface area contributed by atoms with Gasteiger partial charge in [-0.1, -0.05) is 0 Å². The summed E-state index contributed by atoms with van der Waals surface area (Å²) in [5.41, 5.74) is 1.21. The summed E-state index contributed by atoms with van der Waals surface area (Å²) in [5.74, 6) is -0.386. The van der Waals surface area contributed by atoms with E-state index in [9.17, 15) is 14.9 Å². The number of rotatable bonds is 4. The fourth-order valence-corrected chi connectivity index (χ4v) is 1.64. The van der Waals surface area contributed by atoms with E-state index >= 15 is 0 Å². The normalized spacial score (nSPS) is 10.2. The summed E-state index contributed by atoms with van der Waals surface area (Å²) in [4.78, 5) is 21.6. The third kappa shape index (κ3) is 2.79. The SMILES string of the molecule is CCOC(=O)c1ccn(-c2ccc([N+](=O)[O-])cc2)c1. The predicted molar refractivity (Wildman–Crippen MR) is 68.4 cm³/mol. The van der Waals surface area contributed by atoms with E-state index in [1.54, 1.807) is 42.1 Å². The van der Waals surface area contributed by atoms with E-state index in [4.69, 9.17) is 4.74 Å². The Kier molecular flexibility index (Phi) is 3.61. The second kappa shape index (κ2) is 5.34. The van der Waals surface area contributed by atoms with Gasteiger partial charge in [-0.05, 0) is 25.1 Å². The molecule has 1 heterocycles. The molecule has 19 heavy (non-hydrogen) atoms. The van der Waals surface area contributed by atoms with Crippen LogP contribution in [0.5, 0.6) is 0 Å². The Labute approximate surface area is 109 Å². The highest BCUT2D eigenvalue weighted by Gasteiger charge is 2.09. The molecule has 0 unspecified atom stereocenters. The number of carbonyl (C=O) groups is 1. The lowest BCUT2D eigenvalue weighted by Gasteiger charge is -2.02. The Balaban J connectivity index is 2.23. The average Bonchev–Trinajstić information content (AvgIpc) is 2.89. The summed E-state index contributed by atoms with van der Waals surface area (Å²) < 4.78 is 6.59. The molecule has 6 heteroatoms. The van der Waals surface area contributed by atoms with Gasteiger partial charge in [-0.3, -0.25) is 10.1 Å². The van der Waals surface area contributed by atoms with Crippen LogP contribution >= 0.6 is 0 Å². The Morgan fingerprint density at radius 1 is 1.32 bits per heavy atom. The number of benzene rings is 1. The van der Waals surface area contributed by atoms with Crippen molar-refractivity contribution in [3.63, 3.8) is 0 Å². The van der Waals surface area contributed by atoms with Crippen LogP contribution in [0.4, 0.5) is 5.69 Å². The van der Waals surface area contributed by atoms with Gasteiger partial charge in [0.05, 0.1) is 17.1 Å². The summed E-state index contributed by atoms with van der Waals surface area (Å²) in [6.45, 7) is 2.06. The molecule has 0 fully saturated rings. The number of nitrogens with zero attached hydrogens (tertiary/aromatic N) is 2. The van der Waals surface area contributed by atoms with Gasteiger partial charge in [0.1, 0.15) is 0 Å². The van der Waals surface area contributed by atoms with E-state index < -0.39 is 4.92 Å². The quantitative estimate of drug-likeness (QED) is 0.481. The molecule has 6 nitrogen and oxygen atoms in total. The van der Waals surface area contributed by atoms with Crippen molar-refractivity contribution in [1.82, 2.24) is 4.57 Å². The lowest BCUT2D eigenvalue weighted by atomic mass is 10.3. The zero-order chi connectivity index (χ0) is 13.8. The zero-order valence-electron chi connectivity index (χ0n) is 10.3. The second-order valence-corrected chi connectivity index (χ2v) is 3.80. The number of hydrogen-bond donors (Lipinski definition) is 0. The van der Waals surface area contributed by atoms with Crippen LogP contribution in [-0.2, 0) is 4.74 Å². The smallest absolute Gasteiger partial charge is 0.339 e. The fourth-order valence-electron chi connectivity index (χ4n) is 1.64. The molecule has 98 valence electrons. The van der Waals surface area contributed by atoms with Gasteiger partial charge in [-0.25, -0.2) is 4.79 Å². The van der Waals surface area contributed by atoms with Gasteiger partial charge < -0.3 is 9.30 Å². The largest absolute Gasteiger partial charge is 0.462 e. The zero-order valence-corrected chi connectivity index (χ0v) is 10.3. The summed E-state index contributed by atoms with van der Waals surface area (Å²) in [7, 11) is 0. The Morgan fingerprint density at radius 2 is 2.00 bits per heavy atom. The highest BCUT2D eigenvalue weighted by molar-refractivity contribution is 5.89. The van der Waals surface area contributed by atoms with Crippen LogP contribution in [0.1, 0.15) is 17.3 Å². The van der Waals surface area contributed by atoms with E-state index in [1.165, 1.54) is 12.1 Å². The maximum absolute atomic E-state index is 11.5. The lowest BCUT2D eigenvalue weighted by molar-refractivity contribution is -0.384. The number of carbonyl (C=O) groups excluding carboxylic acids is 1. The van der Waals surface area contributed by atoms with Crippen molar-refractivity contribution >= 4 is 11.7 Å². The number of ether oxygens (including phenoxy) is 1. The molecule has 0 atom stereocenters. The van der Waals surface area contributed by atoms with Gasteiger partial charge >= 0.3 is 5.97 Å². The predicted octanol–water partition coefficient (Wildman–Crippen LogP) is 2.56. The highest BCUT2D eigenvalue weighted by Crippen LogP contribution is 2.16. The second-order valence-electron chi connectivity index (χ2n) is 3.80. The van der Waals surface area contributed by atoms with Crippen molar-refractivity contribution in [2.24, 2.45) is 0 Å². The summed E-state index contributed by atoms with van der Waals surface area (Å²) in [6, 6.07) is 7.71. The van der Waals surface area contributed by atoms with Gasteiger partial charge in [-0.2, -0.15) is 0 Å².